The van der Waals surface area contributed by atoms with Gasteiger partial charge in [-0.2, -0.15) is 0 Å². The second kappa shape index (κ2) is 10.2. The monoisotopic (exact) mass is 571 g/mol. The van der Waals surface area contributed by atoms with Gasteiger partial charge in [0.25, 0.3) is 0 Å². The SMILES string of the molecule is C1=CCCC(C2=NC(N3C4=Cc5c(c6ccccc6n5-c5ccccc5)CC4c4ccccc43)N=C(C3C=CC=CC3)N2)=C1. The molecule has 0 spiro atoms. The molecule has 0 saturated heterocycles. The van der Waals surface area contributed by atoms with Gasteiger partial charge in [0.2, 0.25) is 6.29 Å². The molecule has 5 aliphatic rings. The van der Waals surface area contributed by atoms with Crippen LogP contribution < -0.4 is 10.2 Å². The number of nitrogens with one attached hydrogen (secondary N) is 1. The highest BCUT2D eigenvalue weighted by Gasteiger charge is 2.42. The highest BCUT2D eigenvalue weighted by molar-refractivity contribution is 6.11. The van der Waals surface area contributed by atoms with Gasteiger partial charge >= 0.3 is 0 Å². The molecular weight excluding hydrogens is 538 g/mol. The quantitative estimate of drug-likeness (QED) is 0.268. The van der Waals surface area contributed by atoms with Crippen molar-refractivity contribution in [3.05, 3.63) is 149 Å². The van der Waals surface area contributed by atoms with Gasteiger partial charge in [-0.1, -0.05) is 97.1 Å². The summed E-state index contributed by atoms with van der Waals surface area (Å²) in [5.41, 5.74) is 10.2. The van der Waals surface area contributed by atoms with Crippen LogP contribution in [0.3, 0.4) is 0 Å². The van der Waals surface area contributed by atoms with Crippen LogP contribution >= 0.6 is 0 Å². The van der Waals surface area contributed by atoms with E-state index in [1.54, 1.807) is 0 Å². The fourth-order valence-electron chi connectivity index (χ4n) is 7.51. The van der Waals surface area contributed by atoms with E-state index in [2.05, 4.69) is 142 Å². The Labute approximate surface area is 257 Å². The molecular formula is C39H33N5. The molecule has 3 unspecified atom stereocenters. The molecule has 1 N–H and O–H groups in total. The normalized spacial score (nSPS) is 23.3. The number of anilines is 1. The van der Waals surface area contributed by atoms with Crippen LogP contribution in [0.1, 0.15) is 42.0 Å². The first kappa shape index (κ1) is 25.3. The van der Waals surface area contributed by atoms with Crippen LogP contribution in [-0.4, -0.2) is 22.5 Å². The third-order valence-corrected chi connectivity index (χ3v) is 9.56. The second-order valence-electron chi connectivity index (χ2n) is 12.1. The number of hydrogen-bond acceptors (Lipinski definition) is 4. The van der Waals surface area contributed by atoms with Crippen LogP contribution in [0.4, 0.5) is 5.69 Å². The summed E-state index contributed by atoms with van der Waals surface area (Å²) in [7, 11) is 0. The van der Waals surface area contributed by atoms with E-state index < -0.39 is 0 Å². The fraction of sp³-hybridized carbons (Fsp3) is 0.179. The van der Waals surface area contributed by atoms with Crippen LogP contribution in [0.5, 0.6) is 0 Å². The van der Waals surface area contributed by atoms with Gasteiger partial charge in [0.1, 0.15) is 11.7 Å². The minimum Gasteiger partial charge on any atom is -0.328 e. The molecule has 2 aliphatic heterocycles. The van der Waals surface area contributed by atoms with Crippen molar-refractivity contribution in [2.24, 2.45) is 15.9 Å². The van der Waals surface area contributed by atoms with Crippen molar-refractivity contribution in [1.82, 2.24) is 9.88 Å². The van der Waals surface area contributed by atoms with Crippen LogP contribution in [-0.2, 0) is 6.42 Å². The first-order chi connectivity index (χ1) is 21.8. The predicted octanol–water partition coefficient (Wildman–Crippen LogP) is 8.22. The van der Waals surface area contributed by atoms with Gasteiger partial charge in [-0.3, -0.25) is 0 Å². The summed E-state index contributed by atoms with van der Waals surface area (Å²) < 4.78 is 2.43. The number of aliphatic imine (C=N–C) groups is 2. The molecule has 4 aromatic rings. The van der Waals surface area contributed by atoms with Crippen molar-refractivity contribution in [3.8, 4) is 5.69 Å². The van der Waals surface area contributed by atoms with E-state index in [0.717, 1.165) is 37.4 Å². The van der Waals surface area contributed by atoms with E-state index in [1.807, 2.05) is 0 Å². The lowest BCUT2D eigenvalue weighted by Crippen LogP contribution is -2.45. The second-order valence-corrected chi connectivity index (χ2v) is 12.1. The minimum absolute atomic E-state index is 0.203. The number of fused-ring (bicyclic) bond motifs is 6. The number of amidine groups is 2. The number of allylic oxidation sites excluding steroid dienone is 7. The molecule has 0 amide bonds. The van der Waals surface area contributed by atoms with E-state index in [4.69, 9.17) is 9.98 Å². The molecule has 0 bridgehead atoms. The Bertz CT molecular complexity index is 2020. The molecule has 3 atom stereocenters. The highest BCUT2D eigenvalue weighted by Crippen LogP contribution is 2.51. The lowest BCUT2D eigenvalue weighted by molar-refractivity contribution is 0.649. The zero-order valence-electron chi connectivity index (χ0n) is 24.5. The molecule has 3 aromatic carbocycles. The van der Waals surface area contributed by atoms with Crippen molar-refractivity contribution in [2.75, 3.05) is 4.90 Å². The van der Waals surface area contributed by atoms with Gasteiger partial charge in [0.15, 0.2) is 0 Å². The molecule has 3 heterocycles. The average Bonchev–Trinajstić information content (AvgIpc) is 3.60. The Kier molecular flexibility index (Phi) is 5.90. The van der Waals surface area contributed by atoms with E-state index >= 15 is 0 Å². The lowest BCUT2D eigenvalue weighted by Gasteiger charge is -2.34. The van der Waals surface area contributed by atoms with Crippen molar-refractivity contribution >= 4 is 34.3 Å². The van der Waals surface area contributed by atoms with Gasteiger partial charge < -0.3 is 14.8 Å². The zero-order chi connectivity index (χ0) is 29.0. The summed E-state index contributed by atoms with van der Waals surface area (Å²) in [6.07, 6.45) is 21.3. The van der Waals surface area contributed by atoms with Crippen LogP contribution in [0.15, 0.2) is 143 Å². The molecule has 5 nitrogen and oxygen atoms in total. The van der Waals surface area contributed by atoms with E-state index in [0.29, 0.717) is 0 Å². The van der Waals surface area contributed by atoms with Crippen molar-refractivity contribution in [1.29, 1.82) is 0 Å². The summed E-state index contributed by atoms with van der Waals surface area (Å²) in [6, 6.07) is 28.5. The predicted molar refractivity (Wildman–Crippen MR) is 181 cm³/mol. The molecule has 0 saturated carbocycles. The number of hydrogen-bond donors (Lipinski definition) is 1. The molecule has 0 radical (unpaired) electrons. The van der Waals surface area contributed by atoms with E-state index in [9.17, 15) is 0 Å². The maximum atomic E-state index is 5.37. The van der Waals surface area contributed by atoms with Crippen molar-refractivity contribution in [3.63, 3.8) is 0 Å². The molecule has 44 heavy (non-hydrogen) atoms. The molecule has 1 aromatic heterocycles. The first-order valence-electron chi connectivity index (χ1n) is 15.7. The van der Waals surface area contributed by atoms with Crippen molar-refractivity contribution in [2.45, 2.75) is 37.9 Å². The highest BCUT2D eigenvalue weighted by atomic mass is 15.4. The van der Waals surface area contributed by atoms with Gasteiger partial charge in [-0.15, -0.1) is 0 Å². The zero-order valence-corrected chi connectivity index (χ0v) is 24.5. The Balaban J connectivity index is 1.24. The van der Waals surface area contributed by atoms with Crippen LogP contribution in [0.2, 0.25) is 0 Å². The number of nitrogens with zero attached hydrogens (tertiary/aromatic N) is 4. The molecule has 214 valence electrons. The first-order valence-corrected chi connectivity index (χ1v) is 15.7. The number of aromatic nitrogens is 1. The Morgan fingerprint density at radius 2 is 1.68 bits per heavy atom. The Morgan fingerprint density at radius 3 is 2.55 bits per heavy atom. The molecule has 5 heteroatoms. The van der Waals surface area contributed by atoms with Crippen LogP contribution in [0, 0.1) is 5.92 Å². The largest absolute Gasteiger partial charge is 0.328 e. The van der Waals surface area contributed by atoms with E-state index in [-0.39, 0.29) is 18.1 Å². The van der Waals surface area contributed by atoms with Crippen LogP contribution in [0.25, 0.3) is 22.7 Å². The fourth-order valence-corrected chi connectivity index (χ4v) is 7.51. The number of benzene rings is 3. The molecule has 9 rings (SSSR count). The third kappa shape index (κ3) is 3.99. The summed E-state index contributed by atoms with van der Waals surface area (Å²) in [6.45, 7) is 0. The average molecular weight is 572 g/mol. The Hall–Kier alpha value is -5.16. The maximum Gasteiger partial charge on any atom is 0.224 e. The smallest absolute Gasteiger partial charge is 0.224 e. The number of rotatable bonds is 4. The summed E-state index contributed by atoms with van der Waals surface area (Å²) in [5, 5.41) is 5.00. The van der Waals surface area contributed by atoms with Gasteiger partial charge in [0.05, 0.1) is 11.2 Å². The van der Waals surface area contributed by atoms with Gasteiger partial charge in [-0.25, -0.2) is 9.98 Å². The Morgan fingerprint density at radius 1 is 0.818 bits per heavy atom. The summed E-state index contributed by atoms with van der Waals surface area (Å²) in [4.78, 5) is 13.1. The topological polar surface area (TPSA) is 44.9 Å². The third-order valence-electron chi connectivity index (χ3n) is 9.56. The standard InChI is InChI=1S/C39H33N5/c1-4-14-26(15-5-1)37-40-38(27-16-6-2-7-17-27)42-39(41-37)44-34-23-13-11-21-30(34)32-24-31-29-20-10-12-22-33(29)43(35(31)25-36(32)44)28-18-8-3-9-19-28/h1-6,8-14,16,18-23,25-26,32,39H,7,15,17,24H2,(H,40,41,42). The van der Waals surface area contributed by atoms with Gasteiger partial charge in [-0.05, 0) is 72.7 Å². The number of para-hydroxylation sites is 3. The molecule has 0 fully saturated rings. The maximum absolute atomic E-state index is 5.37. The van der Waals surface area contributed by atoms with Gasteiger partial charge in [0, 0.05) is 34.3 Å². The van der Waals surface area contributed by atoms with Crippen molar-refractivity contribution < 1.29 is 0 Å². The van der Waals surface area contributed by atoms with E-state index in [1.165, 1.54) is 50.4 Å². The summed E-state index contributed by atoms with van der Waals surface area (Å²) in [5.74, 6) is 2.39. The molecule has 3 aliphatic carbocycles. The lowest BCUT2D eigenvalue weighted by atomic mass is 9.86. The minimum atomic E-state index is -0.388. The summed E-state index contributed by atoms with van der Waals surface area (Å²) >= 11 is 0.